The molecule has 0 aliphatic carbocycles. The van der Waals surface area contributed by atoms with E-state index in [1.54, 1.807) is 29.4 Å². The standard InChI is InChI=1S/C20H23N3OS2/c1-6-7-25-19-17-16(21-10-22-19)14-12-8-20(4,5)24-9-13(12)15(11(2)3)23-18(14)26-17/h6,10-11H,1,7-9H2,2-5H3. The van der Waals surface area contributed by atoms with Crippen LogP contribution in [0.2, 0.25) is 0 Å². The molecule has 0 N–H and O–H groups in total. The van der Waals surface area contributed by atoms with E-state index in [1.165, 1.54) is 16.5 Å². The van der Waals surface area contributed by atoms with E-state index in [0.717, 1.165) is 37.9 Å². The van der Waals surface area contributed by atoms with Gasteiger partial charge in [-0.15, -0.1) is 29.7 Å². The van der Waals surface area contributed by atoms with Gasteiger partial charge in [0.25, 0.3) is 0 Å². The van der Waals surface area contributed by atoms with Crippen molar-refractivity contribution in [3.63, 3.8) is 0 Å². The molecule has 0 saturated carbocycles. The van der Waals surface area contributed by atoms with E-state index in [9.17, 15) is 0 Å². The van der Waals surface area contributed by atoms with Gasteiger partial charge in [0, 0.05) is 23.1 Å². The van der Waals surface area contributed by atoms with Crippen LogP contribution in [0.3, 0.4) is 0 Å². The van der Waals surface area contributed by atoms with E-state index in [0.29, 0.717) is 12.5 Å². The summed E-state index contributed by atoms with van der Waals surface area (Å²) in [6.45, 7) is 13.2. The smallest absolute Gasteiger partial charge is 0.126 e. The lowest BCUT2D eigenvalue weighted by atomic mass is 9.87. The highest BCUT2D eigenvalue weighted by Gasteiger charge is 2.32. The number of pyridine rings is 1. The Kier molecular flexibility index (Phi) is 4.53. The molecular formula is C20H23N3OS2. The van der Waals surface area contributed by atoms with Crippen molar-refractivity contribution in [2.75, 3.05) is 5.75 Å². The Morgan fingerprint density at radius 3 is 2.88 bits per heavy atom. The lowest BCUT2D eigenvalue weighted by molar-refractivity contribution is -0.0402. The Morgan fingerprint density at radius 1 is 1.35 bits per heavy atom. The fourth-order valence-electron chi connectivity index (χ4n) is 3.53. The number of thiophene rings is 1. The van der Waals surface area contributed by atoms with Gasteiger partial charge in [-0.1, -0.05) is 19.9 Å². The highest BCUT2D eigenvalue weighted by atomic mass is 32.2. The lowest BCUT2D eigenvalue weighted by Gasteiger charge is -2.33. The molecule has 4 heterocycles. The molecule has 1 aliphatic heterocycles. The van der Waals surface area contributed by atoms with Crippen molar-refractivity contribution < 1.29 is 4.74 Å². The maximum Gasteiger partial charge on any atom is 0.126 e. The topological polar surface area (TPSA) is 47.9 Å². The molecular weight excluding hydrogens is 362 g/mol. The number of fused-ring (bicyclic) bond motifs is 5. The zero-order valence-corrected chi connectivity index (χ0v) is 17.3. The maximum atomic E-state index is 6.11. The molecule has 0 bridgehead atoms. The van der Waals surface area contributed by atoms with E-state index in [4.69, 9.17) is 9.72 Å². The molecule has 3 aromatic rings. The van der Waals surface area contributed by atoms with E-state index in [1.807, 2.05) is 6.08 Å². The second-order valence-corrected chi connectivity index (χ2v) is 9.58. The van der Waals surface area contributed by atoms with Crippen LogP contribution in [0.15, 0.2) is 24.0 Å². The summed E-state index contributed by atoms with van der Waals surface area (Å²) in [5.74, 6) is 1.20. The average molecular weight is 386 g/mol. The van der Waals surface area contributed by atoms with Crippen molar-refractivity contribution >= 4 is 43.5 Å². The Hall–Kier alpha value is -1.50. The van der Waals surface area contributed by atoms with E-state index < -0.39 is 0 Å². The monoisotopic (exact) mass is 385 g/mol. The van der Waals surface area contributed by atoms with Crippen LogP contribution in [-0.2, 0) is 17.8 Å². The molecule has 3 aromatic heterocycles. The van der Waals surface area contributed by atoms with Crippen LogP contribution in [-0.4, -0.2) is 26.3 Å². The molecule has 0 radical (unpaired) electrons. The summed E-state index contributed by atoms with van der Waals surface area (Å²) in [6.07, 6.45) is 4.46. The van der Waals surface area contributed by atoms with E-state index in [-0.39, 0.29) is 5.60 Å². The number of rotatable bonds is 4. The normalized spacial score (nSPS) is 16.3. The predicted octanol–water partition coefficient (Wildman–Crippen LogP) is 5.49. The summed E-state index contributed by atoms with van der Waals surface area (Å²) in [5, 5.41) is 2.22. The Morgan fingerprint density at radius 2 is 2.15 bits per heavy atom. The third-order valence-electron chi connectivity index (χ3n) is 4.71. The van der Waals surface area contributed by atoms with Gasteiger partial charge in [0.1, 0.15) is 16.2 Å². The first-order valence-corrected chi connectivity index (χ1v) is 10.7. The molecule has 136 valence electrons. The lowest BCUT2D eigenvalue weighted by Crippen LogP contribution is -2.32. The largest absolute Gasteiger partial charge is 0.370 e. The van der Waals surface area contributed by atoms with Crippen LogP contribution in [0, 0.1) is 0 Å². The van der Waals surface area contributed by atoms with Gasteiger partial charge in [-0.3, -0.25) is 0 Å². The van der Waals surface area contributed by atoms with E-state index >= 15 is 0 Å². The van der Waals surface area contributed by atoms with Gasteiger partial charge < -0.3 is 4.74 Å². The van der Waals surface area contributed by atoms with Crippen LogP contribution in [0.25, 0.3) is 20.4 Å². The molecule has 0 amide bonds. The Balaban J connectivity index is 2.04. The molecule has 26 heavy (non-hydrogen) atoms. The number of ether oxygens (including phenoxy) is 1. The van der Waals surface area contributed by atoms with Crippen molar-refractivity contribution in [2.24, 2.45) is 0 Å². The first-order chi connectivity index (χ1) is 12.4. The molecule has 0 saturated heterocycles. The van der Waals surface area contributed by atoms with Gasteiger partial charge in [-0.05, 0) is 25.3 Å². The zero-order chi connectivity index (χ0) is 18.5. The van der Waals surface area contributed by atoms with Gasteiger partial charge in [-0.2, -0.15) is 0 Å². The van der Waals surface area contributed by atoms with Gasteiger partial charge in [0.05, 0.1) is 28.1 Å². The van der Waals surface area contributed by atoms with Gasteiger partial charge in [0.15, 0.2) is 0 Å². The summed E-state index contributed by atoms with van der Waals surface area (Å²) in [7, 11) is 0. The summed E-state index contributed by atoms with van der Waals surface area (Å²) in [4.78, 5) is 15.3. The number of aromatic nitrogens is 3. The van der Waals surface area contributed by atoms with Gasteiger partial charge in [0.2, 0.25) is 0 Å². The number of hydrogen-bond donors (Lipinski definition) is 0. The summed E-state index contributed by atoms with van der Waals surface area (Å²) < 4.78 is 7.25. The highest BCUT2D eigenvalue weighted by molar-refractivity contribution is 7.99. The van der Waals surface area contributed by atoms with E-state index in [2.05, 4.69) is 44.2 Å². The molecule has 0 spiro atoms. The third-order valence-corrected chi connectivity index (χ3v) is 6.91. The summed E-state index contributed by atoms with van der Waals surface area (Å²) >= 11 is 3.41. The third kappa shape index (κ3) is 2.94. The van der Waals surface area contributed by atoms with Crippen LogP contribution in [0.5, 0.6) is 0 Å². The van der Waals surface area contributed by atoms with Gasteiger partial charge >= 0.3 is 0 Å². The minimum absolute atomic E-state index is 0.169. The second kappa shape index (κ2) is 6.59. The minimum atomic E-state index is -0.169. The SMILES string of the molecule is C=CCSc1ncnc2c1sc1nc(C(C)C)c3c(c12)CC(C)(C)OC3. The molecule has 4 nitrogen and oxygen atoms in total. The molecule has 1 aliphatic rings. The average Bonchev–Trinajstić information content (AvgIpc) is 2.97. The molecule has 0 fully saturated rings. The zero-order valence-electron chi connectivity index (χ0n) is 15.6. The highest BCUT2D eigenvalue weighted by Crippen LogP contribution is 2.43. The van der Waals surface area contributed by atoms with Crippen molar-refractivity contribution in [3.8, 4) is 0 Å². The molecule has 4 rings (SSSR count). The first-order valence-electron chi connectivity index (χ1n) is 8.88. The first kappa shape index (κ1) is 17.9. The van der Waals surface area contributed by atoms with Gasteiger partial charge in [-0.25, -0.2) is 15.0 Å². The molecule has 6 heteroatoms. The van der Waals surface area contributed by atoms with Crippen LogP contribution < -0.4 is 0 Å². The number of nitrogens with zero attached hydrogens (tertiary/aromatic N) is 3. The summed E-state index contributed by atoms with van der Waals surface area (Å²) in [6, 6.07) is 0. The Labute approximate surface area is 162 Å². The van der Waals surface area contributed by atoms with Crippen molar-refractivity contribution in [1.82, 2.24) is 15.0 Å². The molecule has 0 aromatic carbocycles. The fraction of sp³-hybridized carbons (Fsp3) is 0.450. The molecule has 0 unspecified atom stereocenters. The second-order valence-electron chi connectivity index (χ2n) is 7.57. The predicted molar refractivity (Wildman–Crippen MR) is 110 cm³/mol. The number of thioether (sulfide) groups is 1. The number of hydrogen-bond acceptors (Lipinski definition) is 6. The van der Waals surface area contributed by atoms with Crippen LogP contribution >= 0.6 is 23.1 Å². The maximum absolute atomic E-state index is 6.11. The van der Waals surface area contributed by atoms with Crippen molar-refractivity contribution in [1.29, 1.82) is 0 Å². The van der Waals surface area contributed by atoms with Crippen LogP contribution in [0.4, 0.5) is 0 Å². The quantitative estimate of drug-likeness (QED) is 0.337. The summed E-state index contributed by atoms with van der Waals surface area (Å²) in [5.41, 5.74) is 4.63. The fourth-order valence-corrected chi connectivity index (χ4v) is 5.51. The Bertz CT molecular complexity index is 1010. The van der Waals surface area contributed by atoms with Crippen molar-refractivity contribution in [3.05, 3.63) is 35.8 Å². The van der Waals surface area contributed by atoms with Crippen molar-refractivity contribution in [2.45, 2.75) is 57.3 Å². The van der Waals surface area contributed by atoms with Crippen LogP contribution in [0.1, 0.15) is 50.4 Å². The minimum Gasteiger partial charge on any atom is -0.370 e. The molecule has 0 atom stereocenters.